The highest BCUT2D eigenvalue weighted by molar-refractivity contribution is 7.13. The topological polar surface area (TPSA) is 45.4 Å². The van der Waals surface area contributed by atoms with E-state index in [1.54, 1.807) is 11.3 Å². The fourth-order valence-corrected chi connectivity index (χ4v) is 4.53. The van der Waals surface area contributed by atoms with E-state index < -0.39 is 0 Å². The minimum Gasteiger partial charge on any atom is -0.306 e. The Morgan fingerprint density at radius 2 is 2.12 bits per heavy atom. The minimum atomic E-state index is -0.362. The summed E-state index contributed by atoms with van der Waals surface area (Å²) in [5.41, 5.74) is 3.76. The van der Waals surface area contributed by atoms with E-state index >= 15 is 0 Å². The number of hydrogen-bond acceptors (Lipinski definition) is 3. The Morgan fingerprint density at radius 3 is 2.81 bits per heavy atom. The molecule has 2 unspecified atom stereocenters. The van der Waals surface area contributed by atoms with Gasteiger partial charge in [-0.25, -0.2) is 11.6 Å². The van der Waals surface area contributed by atoms with Gasteiger partial charge < -0.3 is 4.85 Å². The van der Waals surface area contributed by atoms with Gasteiger partial charge >= 0.3 is 0 Å². The number of nitrogens with one attached hydrogen (secondary N) is 1. The number of benzene rings is 1. The maximum absolute atomic E-state index is 7.87. The standard InChI is InChI=1S/C20H17ClN4S/c1-3-7-14-18(22-2)16(12-8-4-5-9-13(12)21)17-19(15-10-6-11-26-15)24-25-20(17)23-14/h4-6,8-11,16,18H,3,7H2,1H3,(H,24,25). The molecule has 3 heterocycles. The number of nitrogens with zero attached hydrogens (tertiary/aromatic N) is 3. The van der Waals surface area contributed by atoms with Crippen LogP contribution in [0.15, 0.2) is 46.8 Å². The molecule has 0 aliphatic carbocycles. The molecule has 130 valence electrons. The van der Waals surface area contributed by atoms with Gasteiger partial charge in [-0.1, -0.05) is 49.2 Å². The van der Waals surface area contributed by atoms with Crippen molar-refractivity contribution in [2.45, 2.75) is 31.7 Å². The van der Waals surface area contributed by atoms with Crippen molar-refractivity contribution in [1.29, 1.82) is 0 Å². The number of aliphatic imine (C=N–C) groups is 1. The van der Waals surface area contributed by atoms with E-state index in [0.717, 1.165) is 40.3 Å². The van der Waals surface area contributed by atoms with Gasteiger partial charge in [-0.15, -0.1) is 11.3 Å². The average molecular weight is 381 g/mol. The number of aromatic nitrogens is 2. The quantitative estimate of drug-likeness (QED) is 0.546. The van der Waals surface area contributed by atoms with E-state index in [4.69, 9.17) is 23.2 Å². The molecular weight excluding hydrogens is 364 g/mol. The zero-order valence-electron chi connectivity index (χ0n) is 14.2. The molecule has 0 bridgehead atoms. The molecule has 0 saturated carbocycles. The molecule has 2 atom stereocenters. The molecule has 4 rings (SSSR count). The zero-order chi connectivity index (χ0) is 18.1. The van der Waals surface area contributed by atoms with Crippen molar-refractivity contribution in [1.82, 2.24) is 10.2 Å². The molecule has 6 heteroatoms. The Hall–Kier alpha value is -2.42. The van der Waals surface area contributed by atoms with E-state index in [-0.39, 0.29) is 12.0 Å². The van der Waals surface area contributed by atoms with Crippen molar-refractivity contribution in [3.8, 4) is 10.6 Å². The predicted octanol–water partition coefficient (Wildman–Crippen LogP) is 6.10. The maximum atomic E-state index is 7.87. The molecule has 0 fully saturated rings. The van der Waals surface area contributed by atoms with Crippen molar-refractivity contribution in [3.63, 3.8) is 0 Å². The van der Waals surface area contributed by atoms with Crippen molar-refractivity contribution < 1.29 is 0 Å². The third-order valence-corrected chi connectivity index (χ3v) is 5.89. The Labute approximate surface area is 161 Å². The Kier molecular flexibility index (Phi) is 4.62. The summed E-state index contributed by atoms with van der Waals surface area (Å²) in [6.07, 6.45) is 1.73. The van der Waals surface area contributed by atoms with Crippen LogP contribution in [-0.2, 0) is 0 Å². The van der Waals surface area contributed by atoms with Crippen LogP contribution in [0.2, 0.25) is 5.02 Å². The van der Waals surface area contributed by atoms with Gasteiger partial charge in [0.05, 0.1) is 16.5 Å². The Bertz CT molecular complexity index is 997. The lowest BCUT2D eigenvalue weighted by Crippen LogP contribution is -2.29. The Morgan fingerprint density at radius 1 is 1.27 bits per heavy atom. The largest absolute Gasteiger partial charge is 0.306 e. The number of fused-ring (bicyclic) bond motifs is 1. The molecule has 0 radical (unpaired) electrons. The van der Waals surface area contributed by atoms with Gasteiger partial charge in [-0.2, -0.15) is 5.10 Å². The second-order valence-electron chi connectivity index (χ2n) is 6.24. The third-order valence-electron chi connectivity index (χ3n) is 4.65. The van der Waals surface area contributed by atoms with E-state index in [1.807, 2.05) is 35.7 Å². The molecule has 0 saturated heterocycles. The molecule has 2 aromatic heterocycles. The molecule has 1 aromatic carbocycles. The molecule has 1 aliphatic heterocycles. The number of halogens is 1. The smallest absolute Gasteiger partial charge is 0.272 e. The monoisotopic (exact) mass is 380 g/mol. The van der Waals surface area contributed by atoms with E-state index in [1.165, 1.54) is 0 Å². The molecule has 26 heavy (non-hydrogen) atoms. The lowest BCUT2D eigenvalue weighted by molar-refractivity contribution is 0.771. The van der Waals surface area contributed by atoms with Gasteiger partial charge in [0.25, 0.3) is 6.04 Å². The summed E-state index contributed by atoms with van der Waals surface area (Å²) in [5.74, 6) is 0.507. The zero-order valence-corrected chi connectivity index (χ0v) is 15.8. The fraction of sp³-hybridized carbons (Fsp3) is 0.250. The van der Waals surface area contributed by atoms with Crippen molar-refractivity contribution in [3.05, 3.63) is 69.3 Å². The highest BCUT2D eigenvalue weighted by Crippen LogP contribution is 2.47. The van der Waals surface area contributed by atoms with Crippen LogP contribution in [0.5, 0.6) is 0 Å². The van der Waals surface area contributed by atoms with Gasteiger partial charge in [0, 0.05) is 10.6 Å². The summed E-state index contributed by atoms with van der Waals surface area (Å²) in [6.45, 7) is 9.97. The van der Waals surface area contributed by atoms with E-state index in [0.29, 0.717) is 10.8 Å². The normalized spacial score (nSPS) is 18.9. The Balaban J connectivity index is 1.97. The summed E-state index contributed by atoms with van der Waals surface area (Å²) < 4.78 is 0. The number of H-pyrrole nitrogens is 1. The lowest BCUT2D eigenvalue weighted by atomic mass is 9.80. The number of hydrogen-bond donors (Lipinski definition) is 1. The first kappa shape index (κ1) is 17.0. The number of aromatic amines is 1. The number of thiophene rings is 1. The maximum Gasteiger partial charge on any atom is 0.272 e. The van der Waals surface area contributed by atoms with Crippen LogP contribution in [0.3, 0.4) is 0 Å². The van der Waals surface area contributed by atoms with Gasteiger partial charge in [0.2, 0.25) is 0 Å². The van der Waals surface area contributed by atoms with Crippen LogP contribution >= 0.6 is 22.9 Å². The molecular formula is C20H17ClN4S. The highest BCUT2D eigenvalue weighted by atomic mass is 35.5. The second-order valence-corrected chi connectivity index (χ2v) is 7.59. The first-order chi connectivity index (χ1) is 12.7. The second kappa shape index (κ2) is 7.06. The lowest BCUT2D eigenvalue weighted by Gasteiger charge is -2.25. The SMILES string of the molecule is [C-]#[N+]C1C(CCC)=Nc2n[nH]c(-c3cccs3)c2C1c1ccccc1Cl. The molecule has 1 aliphatic rings. The van der Waals surface area contributed by atoms with Crippen molar-refractivity contribution >= 4 is 34.5 Å². The van der Waals surface area contributed by atoms with Crippen LogP contribution in [-0.4, -0.2) is 22.0 Å². The van der Waals surface area contributed by atoms with Gasteiger partial charge in [-0.3, -0.25) is 5.10 Å². The van der Waals surface area contributed by atoms with Crippen LogP contribution in [0.25, 0.3) is 15.4 Å². The van der Waals surface area contributed by atoms with Crippen LogP contribution in [0.1, 0.15) is 36.8 Å². The van der Waals surface area contributed by atoms with Crippen molar-refractivity contribution in [2.24, 2.45) is 4.99 Å². The summed E-state index contributed by atoms with van der Waals surface area (Å²) >= 11 is 8.19. The van der Waals surface area contributed by atoms with Crippen molar-refractivity contribution in [2.75, 3.05) is 0 Å². The van der Waals surface area contributed by atoms with Crippen LogP contribution < -0.4 is 0 Å². The van der Waals surface area contributed by atoms with Gasteiger partial charge in [0.15, 0.2) is 5.82 Å². The van der Waals surface area contributed by atoms with E-state index in [2.05, 4.69) is 28.0 Å². The number of rotatable bonds is 4. The fourth-order valence-electron chi connectivity index (χ4n) is 3.54. The molecule has 3 aromatic rings. The molecule has 1 N–H and O–H groups in total. The van der Waals surface area contributed by atoms with Crippen LogP contribution in [0, 0.1) is 6.57 Å². The van der Waals surface area contributed by atoms with Gasteiger partial charge in [-0.05, 0) is 29.5 Å². The summed E-state index contributed by atoms with van der Waals surface area (Å²) in [4.78, 5) is 9.81. The molecule has 4 nitrogen and oxygen atoms in total. The first-order valence-corrected chi connectivity index (χ1v) is 9.81. The summed E-state index contributed by atoms with van der Waals surface area (Å²) in [7, 11) is 0. The van der Waals surface area contributed by atoms with E-state index in [9.17, 15) is 0 Å². The molecule has 0 amide bonds. The molecule has 0 spiro atoms. The van der Waals surface area contributed by atoms with Crippen LogP contribution in [0.4, 0.5) is 5.82 Å². The summed E-state index contributed by atoms with van der Waals surface area (Å²) in [5, 5.41) is 10.3. The minimum absolute atomic E-state index is 0.175. The first-order valence-electron chi connectivity index (χ1n) is 8.55. The summed E-state index contributed by atoms with van der Waals surface area (Å²) in [6, 6.07) is 11.5. The highest BCUT2D eigenvalue weighted by Gasteiger charge is 2.42. The third kappa shape index (κ3) is 2.76. The predicted molar refractivity (Wildman–Crippen MR) is 108 cm³/mol. The average Bonchev–Trinajstić information content (AvgIpc) is 3.30. The van der Waals surface area contributed by atoms with Gasteiger partial charge in [0.1, 0.15) is 5.71 Å².